The number of rotatable bonds is 2. The Morgan fingerprint density at radius 1 is 1.44 bits per heavy atom. The van der Waals surface area contributed by atoms with Crippen LogP contribution in [0.25, 0.3) is 0 Å². The summed E-state index contributed by atoms with van der Waals surface area (Å²) in [6.45, 7) is 1.22. The highest BCUT2D eigenvalue weighted by molar-refractivity contribution is 6.09. The van der Waals surface area contributed by atoms with Gasteiger partial charge in [0.1, 0.15) is 5.41 Å². The highest BCUT2D eigenvalue weighted by Crippen LogP contribution is 2.48. The SMILES string of the molecule is NC(=NO)C1(C(=O)N2CCOC3CCCC32)CC1. The molecule has 1 amide bonds. The van der Waals surface area contributed by atoms with Crippen LogP contribution in [0.15, 0.2) is 5.16 Å². The van der Waals surface area contributed by atoms with Gasteiger partial charge in [-0.05, 0) is 32.1 Å². The molecule has 1 saturated heterocycles. The molecule has 3 rings (SSSR count). The Kier molecular flexibility index (Phi) is 2.69. The predicted octanol–water partition coefficient (Wildman–Crippen LogP) is 0.293. The maximum absolute atomic E-state index is 12.6. The van der Waals surface area contributed by atoms with Crippen molar-refractivity contribution >= 4 is 11.7 Å². The first-order chi connectivity index (χ1) is 8.69. The standard InChI is InChI=1S/C12H19N3O3/c13-10(14-17)12(4-5-12)11(16)15-6-7-18-9-3-1-2-8(9)15/h8-9,17H,1-7H2,(H2,13,14). The number of morpholine rings is 1. The van der Waals surface area contributed by atoms with Crippen molar-refractivity contribution in [2.24, 2.45) is 16.3 Å². The lowest BCUT2D eigenvalue weighted by Gasteiger charge is -2.39. The Morgan fingerprint density at radius 3 is 2.89 bits per heavy atom. The number of nitrogens with zero attached hydrogens (tertiary/aromatic N) is 2. The Balaban J connectivity index is 1.80. The molecule has 3 N–H and O–H groups in total. The minimum absolute atomic E-state index is 0.0259. The van der Waals surface area contributed by atoms with Crippen LogP contribution in [-0.2, 0) is 9.53 Å². The largest absolute Gasteiger partial charge is 0.409 e. The fourth-order valence-electron chi connectivity index (χ4n) is 3.25. The van der Waals surface area contributed by atoms with E-state index >= 15 is 0 Å². The molecule has 3 aliphatic rings. The summed E-state index contributed by atoms with van der Waals surface area (Å²) in [7, 11) is 0. The summed E-state index contributed by atoms with van der Waals surface area (Å²) in [4.78, 5) is 14.5. The molecule has 0 aromatic rings. The molecule has 0 spiro atoms. The van der Waals surface area contributed by atoms with E-state index in [2.05, 4.69) is 5.16 Å². The van der Waals surface area contributed by atoms with Crippen molar-refractivity contribution in [2.75, 3.05) is 13.2 Å². The zero-order valence-electron chi connectivity index (χ0n) is 10.3. The lowest BCUT2D eigenvalue weighted by atomic mass is 10.0. The summed E-state index contributed by atoms with van der Waals surface area (Å²) in [5.74, 6) is 0.0894. The van der Waals surface area contributed by atoms with E-state index in [1.54, 1.807) is 0 Å². The summed E-state index contributed by atoms with van der Waals surface area (Å²) < 4.78 is 5.70. The predicted molar refractivity (Wildman–Crippen MR) is 64.2 cm³/mol. The molecule has 0 aromatic heterocycles. The number of carbonyl (C=O) groups is 1. The van der Waals surface area contributed by atoms with Crippen molar-refractivity contribution in [1.82, 2.24) is 4.90 Å². The first kappa shape index (κ1) is 11.8. The minimum atomic E-state index is -0.723. The summed E-state index contributed by atoms with van der Waals surface area (Å²) >= 11 is 0. The number of carbonyl (C=O) groups excluding carboxylic acids is 1. The van der Waals surface area contributed by atoms with Crippen molar-refractivity contribution in [3.63, 3.8) is 0 Å². The molecule has 6 nitrogen and oxygen atoms in total. The first-order valence-electron chi connectivity index (χ1n) is 6.60. The Labute approximate surface area is 106 Å². The zero-order chi connectivity index (χ0) is 12.8. The van der Waals surface area contributed by atoms with Crippen LogP contribution in [0.1, 0.15) is 32.1 Å². The Morgan fingerprint density at radius 2 is 2.22 bits per heavy atom. The monoisotopic (exact) mass is 253 g/mol. The maximum Gasteiger partial charge on any atom is 0.236 e. The van der Waals surface area contributed by atoms with Gasteiger partial charge >= 0.3 is 0 Å². The normalized spacial score (nSPS) is 34.2. The molecular weight excluding hydrogens is 234 g/mol. The molecule has 1 heterocycles. The number of ether oxygens (including phenoxy) is 1. The van der Waals surface area contributed by atoms with Crippen molar-refractivity contribution in [3.05, 3.63) is 0 Å². The van der Waals surface area contributed by atoms with Gasteiger partial charge in [0.2, 0.25) is 5.91 Å². The molecule has 2 unspecified atom stereocenters. The van der Waals surface area contributed by atoms with E-state index < -0.39 is 5.41 Å². The smallest absolute Gasteiger partial charge is 0.236 e. The average Bonchev–Trinajstić information content (AvgIpc) is 3.07. The van der Waals surface area contributed by atoms with Crippen LogP contribution in [-0.4, -0.2) is 47.1 Å². The van der Waals surface area contributed by atoms with Crippen LogP contribution in [0.3, 0.4) is 0 Å². The van der Waals surface area contributed by atoms with Gasteiger partial charge in [-0.2, -0.15) is 0 Å². The van der Waals surface area contributed by atoms with Gasteiger partial charge in [-0.15, -0.1) is 0 Å². The zero-order valence-corrected chi connectivity index (χ0v) is 10.3. The van der Waals surface area contributed by atoms with Crippen molar-refractivity contribution in [3.8, 4) is 0 Å². The van der Waals surface area contributed by atoms with E-state index in [1.807, 2.05) is 4.90 Å². The second kappa shape index (κ2) is 4.12. The number of hydrogen-bond donors (Lipinski definition) is 2. The maximum atomic E-state index is 12.6. The molecule has 0 bridgehead atoms. The number of hydrogen-bond acceptors (Lipinski definition) is 4. The molecule has 1 aliphatic heterocycles. The molecule has 6 heteroatoms. The van der Waals surface area contributed by atoms with E-state index in [0.717, 1.165) is 19.3 Å². The van der Waals surface area contributed by atoms with Gasteiger partial charge in [0.25, 0.3) is 0 Å². The molecule has 18 heavy (non-hydrogen) atoms. The average molecular weight is 253 g/mol. The first-order valence-corrected chi connectivity index (χ1v) is 6.60. The molecule has 0 aromatic carbocycles. The van der Waals surface area contributed by atoms with Gasteiger partial charge in [-0.3, -0.25) is 4.79 Å². The van der Waals surface area contributed by atoms with Crippen molar-refractivity contribution in [1.29, 1.82) is 0 Å². The molecule has 0 radical (unpaired) electrons. The van der Waals surface area contributed by atoms with E-state index in [0.29, 0.717) is 26.0 Å². The summed E-state index contributed by atoms with van der Waals surface area (Å²) in [6.07, 6.45) is 4.71. The topological polar surface area (TPSA) is 88.2 Å². The highest BCUT2D eigenvalue weighted by Gasteiger charge is 2.57. The van der Waals surface area contributed by atoms with Crippen LogP contribution >= 0.6 is 0 Å². The van der Waals surface area contributed by atoms with Crippen LogP contribution < -0.4 is 5.73 Å². The number of amides is 1. The third kappa shape index (κ3) is 1.59. The molecule has 100 valence electrons. The van der Waals surface area contributed by atoms with Crippen LogP contribution in [0.5, 0.6) is 0 Å². The van der Waals surface area contributed by atoms with Gasteiger partial charge in [0.05, 0.1) is 18.8 Å². The molecular formula is C12H19N3O3. The number of amidine groups is 1. The Bertz CT molecular complexity index is 392. The quantitative estimate of drug-likeness (QED) is 0.320. The van der Waals surface area contributed by atoms with Crippen molar-refractivity contribution < 1.29 is 14.7 Å². The second-order valence-corrected chi connectivity index (χ2v) is 5.47. The van der Waals surface area contributed by atoms with E-state index in [9.17, 15) is 4.79 Å². The Hall–Kier alpha value is -1.30. The molecule has 2 saturated carbocycles. The third-order valence-corrected chi connectivity index (χ3v) is 4.50. The number of oxime groups is 1. The fraction of sp³-hybridized carbons (Fsp3) is 0.833. The van der Waals surface area contributed by atoms with Crippen molar-refractivity contribution in [2.45, 2.75) is 44.2 Å². The van der Waals surface area contributed by atoms with E-state index in [-0.39, 0.29) is 23.9 Å². The highest BCUT2D eigenvalue weighted by atomic mass is 16.5. The van der Waals surface area contributed by atoms with Gasteiger partial charge in [-0.1, -0.05) is 5.16 Å². The number of fused-ring (bicyclic) bond motifs is 1. The van der Waals surface area contributed by atoms with E-state index in [1.165, 1.54) is 0 Å². The summed E-state index contributed by atoms with van der Waals surface area (Å²) in [5.41, 5.74) is 4.96. The van der Waals surface area contributed by atoms with E-state index in [4.69, 9.17) is 15.7 Å². The minimum Gasteiger partial charge on any atom is -0.409 e. The molecule has 2 atom stereocenters. The lowest BCUT2D eigenvalue weighted by molar-refractivity contribution is -0.147. The summed E-state index contributed by atoms with van der Waals surface area (Å²) in [6, 6.07) is 0.190. The third-order valence-electron chi connectivity index (χ3n) is 4.50. The second-order valence-electron chi connectivity index (χ2n) is 5.47. The van der Waals surface area contributed by atoms with Gasteiger partial charge in [0, 0.05) is 6.54 Å². The molecule has 2 aliphatic carbocycles. The molecule has 3 fully saturated rings. The van der Waals surface area contributed by atoms with Crippen LogP contribution in [0.4, 0.5) is 0 Å². The number of nitrogens with two attached hydrogens (primary N) is 1. The van der Waals surface area contributed by atoms with Crippen LogP contribution in [0, 0.1) is 5.41 Å². The van der Waals surface area contributed by atoms with Gasteiger partial charge in [0.15, 0.2) is 5.84 Å². The van der Waals surface area contributed by atoms with Crippen LogP contribution in [0.2, 0.25) is 0 Å². The van der Waals surface area contributed by atoms with Gasteiger partial charge < -0.3 is 20.6 Å². The van der Waals surface area contributed by atoms with Gasteiger partial charge in [-0.25, -0.2) is 0 Å². The summed E-state index contributed by atoms with van der Waals surface area (Å²) in [5, 5.41) is 11.9. The fourth-order valence-corrected chi connectivity index (χ4v) is 3.25. The lowest BCUT2D eigenvalue weighted by Crippen LogP contribution is -2.55.